The molecule has 0 radical (unpaired) electrons. The average molecular weight is 370 g/mol. The minimum atomic E-state index is -0.588. The summed E-state index contributed by atoms with van der Waals surface area (Å²) < 4.78 is 14.3. The monoisotopic (exact) mass is 370 g/mol. The number of carbonyl (C=O) groups is 2. The van der Waals surface area contributed by atoms with E-state index < -0.39 is 22.6 Å². The molecule has 0 bridgehead atoms. The number of likely N-dealkylation sites (N-methyl/N-ethyl adjacent to an activating group) is 1. The molecule has 138 valence electrons. The van der Waals surface area contributed by atoms with Crippen LogP contribution in [0.1, 0.15) is 11.1 Å². The van der Waals surface area contributed by atoms with Crippen molar-refractivity contribution in [3.05, 3.63) is 69.5 Å². The number of hydrogen-bond acceptors (Lipinski definition) is 5. The SMILES string of the molecule is CNC(=O)CN1C(=O)CN=C(c2ccccc2F)c2cc([N+](=O)[O-])ccc21. The van der Waals surface area contributed by atoms with E-state index in [0.29, 0.717) is 0 Å². The first-order valence-electron chi connectivity index (χ1n) is 8.01. The Morgan fingerprint density at radius 3 is 2.70 bits per heavy atom. The third-order valence-corrected chi connectivity index (χ3v) is 4.12. The molecule has 0 atom stereocenters. The van der Waals surface area contributed by atoms with Crippen LogP contribution in [0.3, 0.4) is 0 Å². The quantitative estimate of drug-likeness (QED) is 0.653. The fourth-order valence-electron chi connectivity index (χ4n) is 2.79. The highest BCUT2D eigenvalue weighted by atomic mass is 19.1. The second kappa shape index (κ2) is 7.32. The fraction of sp³-hybridized carbons (Fsp3) is 0.167. The minimum Gasteiger partial charge on any atom is -0.358 e. The van der Waals surface area contributed by atoms with Crippen LogP contribution in [0.5, 0.6) is 0 Å². The van der Waals surface area contributed by atoms with E-state index in [1.807, 2.05) is 0 Å². The van der Waals surface area contributed by atoms with Crippen LogP contribution in [0, 0.1) is 15.9 Å². The molecule has 2 aromatic carbocycles. The largest absolute Gasteiger partial charge is 0.358 e. The molecular weight excluding hydrogens is 355 g/mol. The Labute approximate surface area is 153 Å². The summed E-state index contributed by atoms with van der Waals surface area (Å²) in [5, 5.41) is 13.6. The first-order valence-corrected chi connectivity index (χ1v) is 8.01. The Morgan fingerprint density at radius 2 is 2.04 bits per heavy atom. The van der Waals surface area contributed by atoms with Crippen molar-refractivity contribution in [2.75, 3.05) is 25.0 Å². The molecule has 2 aromatic rings. The maximum atomic E-state index is 14.3. The molecule has 0 aromatic heterocycles. The van der Waals surface area contributed by atoms with Gasteiger partial charge in [0.1, 0.15) is 18.9 Å². The standard InChI is InChI=1S/C18H15FN4O4/c1-20-16(24)10-22-15-7-6-11(23(26)27)8-13(15)18(21-9-17(22)25)12-4-2-3-5-14(12)19/h2-8H,9-10H2,1H3,(H,20,24). The third kappa shape index (κ3) is 3.52. The van der Waals surface area contributed by atoms with E-state index in [4.69, 9.17) is 0 Å². The number of amides is 2. The molecule has 1 heterocycles. The molecule has 0 saturated heterocycles. The van der Waals surface area contributed by atoms with Crippen molar-refractivity contribution in [1.29, 1.82) is 0 Å². The lowest BCUT2D eigenvalue weighted by atomic mass is 9.99. The molecule has 9 heteroatoms. The van der Waals surface area contributed by atoms with Crippen molar-refractivity contribution >= 4 is 28.9 Å². The molecule has 27 heavy (non-hydrogen) atoms. The van der Waals surface area contributed by atoms with E-state index in [-0.39, 0.29) is 41.3 Å². The van der Waals surface area contributed by atoms with E-state index in [1.165, 1.54) is 48.3 Å². The Hall–Kier alpha value is -3.62. The third-order valence-electron chi connectivity index (χ3n) is 4.12. The summed E-state index contributed by atoms with van der Waals surface area (Å²) in [6.45, 7) is -0.594. The van der Waals surface area contributed by atoms with E-state index in [0.717, 1.165) is 0 Å². The lowest BCUT2D eigenvalue weighted by Gasteiger charge is -2.22. The van der Waals surface area contributed by atoms with E-state index in [9.17, 15) is 24.1 Å². The van der Waals surface area contributed by atoms with Crippen molar-refractivity contribution in [3.8, 4) is 0 Å². The van der Waals surface area contributed by atoms with Crippen LogP contribution in [-0.2, 0) is 9.59 Å². The number of non-ortho nitro benzene ring substituents is 1. The van der Waals surface area contributed by atoms with Gasteiger partial charge in [-0.3, -0.25) is 24.7 Å². The van der Waals surface area contributed by atoms with Crippen LogP contribution in [0.25, 0.3) is 0 Å². The number of benzodiazepines with no additional fused rings is 1. The summed E-state index contributed by atoms with van der Waals surface area (Å²) in [5.74, 6) is -1.46. The van der Waals surface area contributed by atoms with Gasteiger partial charge in [-0.15, -0.1) is 0 Å². The molecule has 1 aliphatic heterocycles. The van der Waals surface area contributed by atoms with E-state index >= 15 is 0 Å². The molecule has 0 saturated carbocycles. The van der Waals surface area contributed by atoms with Gasteiger partial charge in [0, 0.05) is 30.3 Å². The number of aliphatic imine (C=N–C) groups is 1. The number of nitro benzene ring substituents is 1. The zero-order valence-electron chi connectivity index (χ0n) is 14.3. The highest BCUT2D eigenvalue weighted by molar-refractivity contribution is 6.20. The van der Waals surface area contributed by atoms with Crippen LogP contribution >= 0.6 is 0 Å². The fourth-order valence-corrected chi connectivity index (χ4v) is 2.79. The molecule has 1 N–H and O–H groups in total. The van der Waals surface area contributed by atoms with Crippen LogP contribution in [0.15, 0.2) is 47.5 Å². The molecule has 2 amide bonds. The molecule has 0 spiro atoms. The lowest BCUT2D eigenvalue weighted by Crippen LogP contribution is -2.40. The van der Waals surface area contributed by atoms with E-state index in [1.54, 1.807) is 6.07 Å². The van der Waals surface area contributed by atoms with Gasteiger partial charge in [0.2, 0.25) is 11.8 Å². The number of nitrogens with zero attached hydrogens (tertiary/aromatic N) is 3. The number of nitrogens with one attached hydrogen (secondary N) is 1. The highest BCUT2D eigenvalue weighted by Crippen LogP contribution is 2.31. The normalized spacial score (nSPS) is 13.5. The zero-order chi connectivity index (χ0) is 19.6. The number of carbonyl (C=O) groups excluding carboxylic acids is 2. The molecule has 0 fully saturated rings. The second-order valence-corrected chi connectivity index (χ2v) is 5.76. The van der Waals surface area contributed by atoms with Gasteiger partial charge < -0.3 is 10.2 Å². The van der Waals surface area contributed by atoms with Gasteiger partial charge in [0.15, 0.2) is 0 Å². The van der Waals surface area contributed by atoms with Crippen molar-refractivity contribution < 1.29 is 18.9 Å². The molecular formula is C18H15FN4O4. The summed E-state index contributed by atoms with van der Waals surface area (Å²) in [6.07, 6.45) is 0. The topological polar surface area (TPSA) is 105 Å². The Balaban J connectivity index is 2.22. The maximum Gasteiger partial charge on any atom is 0.270 e. The van der Waals surface area contributed by atoms with Gasteiger partial charge >= 0.3 is 0 Å². The van der Waals surface area contributed by atoms with Gasteiger partial charge in [0.05, 0.1) is 16.3 Å². The Morgan fingerprint density at radius 1 is 1.30 bits per heavy atom. The number of benzene rings is 2. The Kier molecular flexibility index (Phi) is 4.93. The van der Waals surface area contributed by atoms with Gasteiger partial charge in [-0.1, -0.05) is 12.1 Å². The van der Waals surface area contributed by atoms with Crippen LogP contribution < -0.4 is 10.2 Å². The summed E-state index contributed by atoms with van der Waals surface area (Å²) in [6, 6.07) is 9.67. The lowest BCUT2D eigenvalue weighted by molar-refractivity contribution is -0.384. The predicted molar refractivity (Wildman–Crippen MR) is 96.4 cm³/mol. The average Bonchev–Trinajstić information content (AvgIpc) is 2.79. The molecule has 1 aliphatic rings. The molecule has 0 unspecified atom stereocenters. The zero-order valence-corrected chi connectivity index (χ0v) is 14.3. The second-order valence-electron chi connectivity index (χ2n) is 5.76. The van der Waals surface area contributed by atoms with Crippen LogP contribution in [0.2, 0.25) is 0 Å². The maximum absolute atomic E-state index is 14.3. The van der Waals surface area contributed by atoms with Gasteiger partial charge in [-0.2, -0.15) is 0 Å². The first-order chi connectivity index (χ1) is 12.9. The predicted octanol–water partition coefficient (Wildman–Crippen LogP) is 1.66. The summed E-state index contributed by atoms with van der Waals surface area (Å²) in [7, 11) is 1.43. The van der Waals surface area contributed by atoms with Gasteiger partial charge in [-0.25, -0.2) is 4.39 Å². The summed E-state index contributed by atoms with van der Waals surface area (Å²) >= 11 is 0. The molecule has 8 nitrogen and oxygen atoms in total. The van der Waals surface area contributed by atoms with Crippen LogP contribution in [-0.4, -0.2) is 42.6 Å². The Bertz CT molecular complexity index is 974. The summed E-state index contributed by atoms with van der Waals surface area (Å²) in [5.41, 5.74) is 0.484. The number of anilines is 1. The van der Waals surface area contributed by atoms with E-state index in [2.05, 4.69) is 10.3 Å². The number of halogens is 1. The number of hydrogen-bond donors (Lipinski definition) is 1. The smallest absolute Gasteiger partial charge is 0.270 e. The van der Waals surface area contributed by atoms with Crippen molar-refractivity contribution in [2.45, 2.75) is 0 Å². The van der Waals surface area contributed by atoms with Gasteiger partial charge in [-0.05, 0) is 18.2 Å². The van der Waals surface area contributed by atoms with Crippen LogP contribution in [0.4, 0.5) is 15.8 Å². The van der Waals surface area contributed by atoms with Gasteiger partial charge in [0.25, 0.3) is 5.69 Å². The number of fused-ring (bicyclic) bond motifs is 1. The van der Waals surface area contributed by atoms with Crippen molar-refractivity contribution in [1.82, 2.24) is 5.32 Å². The summed E-state index contributed by atoms with van der Waals surface area (Å²) in [4.78, 5) is 40.3. The number of nitro groups is 1. The minimum absolute atomic E-state index is 0.119. The van der Waals surface area contributed by atoms with Crippen molar-refractivity contribution in [2.24, 2.45) is 4.99 Å². The van der Waals surface area contributed by atoms with Crippen molar-refractivity contribution in [3.63, 3.8) is 0 Å². The highest BCUT2D eigenvalue weighted by Gasteiger charge is 2.29. The molecule has 0 aliphatic carbocycles. The first kappa shape index (κ1) is 18.2. The molecule has 3 rings (SSSR count). The number of rotatable bonds is 4.